The third-order valence-corrected chi connectivity index (χ3v) is 4.44. The van der Waals surface area contributed by atoms with Gasteiger partial charge in [-0.15, -0.1) is 0 Å². The van der Waals surface area contributed by atoms with Crippen LogP contribution in [0, 0.1) is 0 Å². The lowest BCUT2D eigenvalue weighted by molar-refractivity contribution is -0.119. The molecule has 6 nitrogen and oxygen atoms in total. The standard InChI is InChI=1S/C20H25ClN2O4/c1-20(2,14-7-5-6-8-16(14)25-3)23-11-13-9-15(21)19(17(10-13)26-4)27-12-18(22)24/h5-10,23H,11-12H2,1-4H3,(H2,22,24). The van der Waals surface area contributed by atoms with Gasteiger partial charge in [-0.1, -0.05) is 29.8 Å². The zero-order valence-corrected chi connectivity index (χ0v) is 16.7. The number of methoxy groups -OCH3 is 2. The summed E-state index contributed by atoms with van der Waals surface area (Å²) in [6.07, 6.45) is 0. The first-order valence-corrected chi connectivity index (χ1v) is 8.82. The summed E-state index contributed by atoms with van der Waals surface area (Å²) in [6.45, 7) is 4.42. The van der Waals surface area contributed by atoms with E-state index >= 15 is 0 Å². The second-order valence-electron chi connectivity index (χ2n) is 6.54. The SMILES string of the molecule is COc1ccccc1C(C)(C)NCc1cc(Cl)c(OCC(N)=O)c(OC)c1. The Kier molecular flexibility index (Phi) is 6.93. The molecule has 1 amide bonds. The summed E-state index contributed by atoms with van der Waals surface area (Å²) < 4.78 is 16.2. The third-order valence-electron chi connectivity index (χ3n) is 4.16. The van der Waals surface area contributed by atoms with E-state index in [2.05, 4.69) is 19.2 Å². The minimum atomic E-state index is -0.586. The molecule has 0 saturated heterocycles. The van der Waals surface area contributed by atoms with Gasteiger partial charge < -0.3 is 25.3 Å². The first kappa shape index (κ1) is 20.9. The van der Waals surface area contributed by atoms with Crippen LogP contribution in [0.2, 0.25) is 5.02 Å². The molecule has 0 aliphatic heterocycles. The van der Waals surface area contributed by atoms with Crippen molar-refractivity contribution in [3.05, 3.63) is 52.5 Å². The van der Waals surface area contributed by atoms with Crippen LogP contribution in [0.3, 0.4) is 0 Å². The van der Waals surface area contributed by atoms with Crippen LogP contribution >= 0.6 is 11.6 Å². The summed E-state index contributed by atoms with van der Waals surface area (Å²) in [5.41, 5.74) is 6.74. The van der Waals surface area contributed by atoms with Gasteiger partial charge in [0.15, 0.2) is 18.1 Å². The maximum Gasteiger partial charge on any atom is 0.255 e. The fourth-order valence-corrected chi connectivity index (χ4v) is 3.03. The van der Waals surface area contributed by atoms with Gasteiger partial charge in [0.25, 0.3) is 5.91 Å². The third kappa shape index (κ3) is 5.28. The number of ether oxygens (including phenoxy) is 3. The van der Waals surface area contributed by atoms with E-state index in [-0.39, 0.29) is 12.1 Å². The number of carbonyl (C=O) groups excluding carboxylic acids is 1. The van der Waals surface area contributed by atoms with E-state index in [0.29, 0.717) is 23.1 Å². The number of carbonyl (C=O) groups is 1. The number of para-hydroxylation sites is 1. The zero-order valence-electron chi connectivity index (χ0n) is 16.0. The van der Waals surface area contributed by atoms with Crippen LogP contribution in [0.25, 0.3) is 0 Å². The molecule has 0 unspecified atom stereocenters. The van der Waals surface area contributed by atoms with Crippen LogP contribution in [0.5, 0.6) is 17.2 Å². The molecule has 0 spiro atoms. The molecule has 2 aromatic rings. The van der Waals surface area contributed by atoms with Crippen LogP contribution in [0.1, 0.15) is 25.0 Å². The number of benzene rings is 2. The number of hydrogen-bond donors (Lipinski definition) is 2. The van der Waals surface area contributed by atoms with Gasteiger partial charge in [0.2, 0.25) is 0 Å². The number of rotatable bonds is 9. The van der Waals surface area contributed by atoms with E-state index in [1.807, 2.05) is 30.3 Å². The Morgan fingerprint density at radius 3 is 2.44 bits per heavy atom. The van der Waals surface area contributed by atoms with Crippen molar-refractivity contribution in [3.8, 4) is 17.2 Å². The topological polar surface area (TPSA) is 82.8 Å². The van der Waals surface area contributed by atoms with Crippen LogP contribution in [-0.2, 0) is 16.9 Å². The number of amides is 1. The van der Waals surface area contributed by atoms with Gasteiger partial charge in [0, 0.05) is 17.6 Å². The molecule has 27 heavy (non-hydrogen) atoms. The molecule has 0 aliphatic rings. The number of nitrogens with two attached hydrogens (primary N) is 1. The van der Waals surface area contributed by atoms with Crippen LogP contribution < -0.4 is 25.3 Å². The molecule has 7 heteroatoms. The molecule has 3 N–H and O–H groups in total. The minimum absolute atomic E-state index is 0.269. The van der Waals surface area contributed by atoms with E-state index in [1.54, 1.807) is 13.2 Å². The largest absolute Gasteiger partial charge is 0.496 e. The molecule has 0 aromatic heterocycles. The van der Waals surface area contributed by atoms with E-state index in [4.69, 9.17) is 31.5 Å². The summed E-state index contributed by atoms with van der Waals surface area (Å²) in [4.78, 5) is 10.9. The average Bonchev–Trinajstić information content (AvgIpc) is 2.64. The van der Waals surface area contributed by atoms with Crippen molar-refractivity contribution in [1.29, 1.82) is 0 Å². The Morgan fingerprint density at radius 2 is 1.81 bits per heavy atom. The average molecular weight is 393 g/mol. The molecule has 0 saturated carbocycles. The molecule has 0 aliphatic carbocycles. The van der Waals surface area contributed by atoms with Crippen molar-refractivity contribution in [1.82, 2.24) is 5.32 Å². The Balaban J connectivity index is 2.19. The van der Waals surface area contributed by atoms with E-state index in [9.17, 15) is 4.79 Å². The van der Waals surface area contributed by atoms with Gasteiger partial charge >= 0.3 is 0 Å². The first-order chi connectivity index (χ1) is 12.8. The highest BCUT2D eigenvalue weighted by Crippen LogP contribution is 2.37. The van der Waals surface area contributed by atoms with Crippen LogP contribution in [0.4, 0.5) is 0 Å². The lowest BCUT2D eigenvalue weighted by atomic mass is 9.93. The lowest BCUT2D eigenvalue weighted by Gasteiger charge is -2.29. The van der Waals surface area contributed by atoms with Crippen molar-refractivity contribution in [2.45, 2.75) is 25.9 Å². The number of hydrogen-bond acceptors (Lipinski definition) is 5. The summed E-state index contributed by atoms with van der Waals surface area (Å²) >= 11 is 6.31. The van der Waals surface area contributed by atoms with Gasteiger partial charge in [-0.3, -0.25) is 4.79 Å². The molecule has 0 atom stereocenters. The maximum absolute atomic E-state index is 10.9. The van der Waals surface area contributed by atoms with Crippen molar-refractivity contribution in [3.63, 3.8) is 0 Å². The first-order valence-electron chi connectivity index (χ1n) is 8.44. The van der Waals surface area contributed by atoms with Crippen LogP contribution in [-0.4, -0.2) is 26.7 Å². The van der Waals surface area contributed by atoms with Crippen molar-refractivity contribution in [2.24, 2.45) is 5.73 Å². The maximum atomic E-state index is 10.9. The second-order valence-corrected chi connectivity index (χ2v) is 6.95. The summed E-state index contributed by atoms with van der Waals surface area (Å²) in [5, 5.41) is 3.85. The highest BCUT2D eigenvalue weighted by atomic mass is 35.5. The molecule has 0 heterocycles. The highest BCUT2D eigenvalue weighted by molar-refractivity contribution is 6.32. The zero-order chi connectivity index (χ0) is 20.0. The second kappa shape index (κ2) is 8.97. The Hall–Kier alpha value is -2.44. The molecule has 0 fully saturated rings. The lowest BCUT2D eigenvalue weighted by Crippen LogP contribution is -2.36. The highest BCUT2D eigenvalue weighted by Gasteiger charge is 2.24. The Morgan fingerprint density at radius 1 is 1.15 bits per heavy atom. The Labute approximate surface area is 164 Å². The predicted octanol–water partition coefficient (Wildman–Crippen LogP) is 3.25. The molecule has 0 bridgehead atoms. The van der Waals surface area contributed by atoms with Gasteiger partial charge in [-0.05, 0) is 37.6 Å². The van der Waals surface area contributed by atoms with Crippen LogP contribution in [0.15, 0.2) is 36.4 Å². The Bertz CT molecular complexity index is 809. The molecule has 146 valence electrons. The van der Waals surface area contributed by atoms with Gasteiger partial charge in [-0.25, -0.2) is 0 Å². The molecular weight excluding hydrogens is 368 g/mol. The van der Waals surface area contributed by atoms with Gasteiger partial charge in [0.05, 0.1) is 19.2 Å². The van der Waals surface area contributed by atoms with Crippen molar-refractivity contribution >= 4 is 17.5 Å². The predicted molar refractivity (Wildman–Crippen MR) is 106 cm³/mol. The molecule has 2 aromatic carbocycles. The van der Waals surface area contributed by atoms with Gasteiger partial charge in [0.1, 0.15) is 5.75 Å². The minimum Gasteiger partial charge on any atom is -0.496 e. The van der Waals surface area contributed by atoms with E-state index in [1.165, 1.54) is 7.11 Å². The summed E-state index contributed by atoms with van der Waals surface area (Å²) in [5.74, 6) is 0.972. The summed E-state index contributed by atoms with van der Waals surface area (Å²) in [6, 6.07) is 11.5. The van der Waals surface area contributed by atoms with Gasteiger partial charge in [-0.2, -0.15) is 0 Å². The normalized spacial score (nSPS) is 11.1. The van der Waals surface area contributed by atoms with Crippen molar-refractivity contribution < 1.29 is 19.0 Å². The number of primary amides is 1. The molecular formula is C20H25ClN2O4. The monoisotopic (exact) mass is 392 g/mol. The summed E-state index contributed by atoms with van der Waals surface area (Å²) in [7, 11) is 3.17. The smallest absolute Gasteiger partial charge is 0.255 e. The number of nitrogens with one attached hydrogen (secondary N) is 1. The fraction of sp³-hybridized carbons (Fsp3) is 0.350. The van der Waals surface area contributed by atoms with E-state index < -0.39 is 5.91 Å². The molecule has 0 radical (unpaired) electrons. The van der Waals surface area contributed by atoms with E-state index in [0.717, 1.165) is 16.9 Å². The van der Waals surface area contributed by atoms with Crippen molar-refractivity contribution in [2.75, 3.05) is 20.8 Å². The fourth-order valence-electron chi connectivity index (χ4n) is 2.74. The molecule has 2 rings (SSSR count). The number of halogens is 1. The quantitative estimate of drug-likeness (QED) is 0.684.